The van der Waals surface area contributed by atoms with Gasteiger partial charge in [0.1, 0.15) is 11.5 Å². The molecule has 1 amide bonds. The molecule has 0 fully saturated rings. The van der Waals surface area contributed by atoms with Gasteiger partial charge in [0.15, 0.2) is 6.10 Å². The highest BCUT2D eigenvalue weighted by atomic mass is 35.5. The van der Waals surface area contributed by atoms with Gasteiger partial charge in [-0.25, -0.2) is 4.79 Å². The lowest BCUT2D eigenvalue weighted by Gasteiger charge is -2.14. The zero-order valence-electron chi connectivity index (χ0n) is 15.2. The first kappa shape index (κ1) is 20.3. The Labute approximate surface area is 162 Å². The fourth-order valence-corrected chi connectivity index (χ4v) is 2.36. The van der Waals surface area contributed by atoms with Gasteiger partial charge >= 0.3 is 5.97 Å². The van der Waals surface area contributed by atoms with Gasteiger partial charge in [-0.3, -0.25) is 4.79 Å². The van der Waals surface area contributed by atoms with Crippen LogP contribution in [0, 0.1) is 0 Å². The third-order valence-corrected chi connectivity index (χ3v) is 3.82. The minimum atomic E-state index is -1.00. The van der Waals surface area contributed by atoms with E-state index in [2.05, 4.69) is 5.32 Å². The Bertz CT molecular complexity index is 850. The second-order valence-electron chi connectivity index (χ2n) is 5.52. The van der Waals surface area contributed by atoms with Gasteiger partial charge in [0.05, 0.1) is 19.9 Å². The Morgan fingerprint density at radius 1 is 1.11 bits per heavy atom. The highest BCUT2D eigenvalue weighted by molar-refractivity contribution is 6.31. The number of benzene rings is 2. The molecule has 0 aliphatic rings. The van der Waals surface area contributed by atoms with Crippen LogP contribution in [-0.4, -0.2) is 32.2 Å². The van der Waals surface area contributed by atoms with Gasteiger partial charge in [0.2, 0.25) is 0 Å². The normalized spacial score (nSPS) is 11.7. The van der Waals surface area contributed by atoms with Crippen molar-refractivity contribution < 1.29 is 23.8 Å². The molecule has 1 atom stereocenters. The largest absolute Gasteiger partial charge is 0.497 e. The molecule has 2 aromatic rings. The topological polar surface area (TPSA) is 73.9 Å². The van der Waals surface area contributed by atoms with Crippen LogP contribution in [0.4, 0.5) is 5.69 Å². The lowest BCUT2D eigenvalue weighted by atomic mass is 10.2. The first-order chi connectivity index (χ1) is 12.9. The van der Waals surface area contributed by atoms with Gasteiger partial charge in [0, 0.05) is 11.1 Å². The fourth-order valence-electron chi connectivity index (χ4n) is 2.19. The van der Waals surface area contributed by atoms with Crippen molar-refractivity contribution in [3.05, 3.63) is 59.1 Å². The van der Waals surface area contributed by atoms with E-state index in [1.807, 2.05) is 6.07 Å². The van der Waals surface area contributed by atoms with Crippen molar-refractivity contribution in [3.8, 4) is 11.5 Å². The Hall–Kier alpha value is -2.99. The number of carbonyl (C=O) groups excluding carboxylic acids is 2. The molecule has 0 saturated carbocycles. The number of carbonyl (C=O) groups is 2. The van der Waals surface area contributed by atoms with E-state index in [0.29, 0.717) is 22.2 Å². The second kappa shape index (κ2) is 9.64. The van der Waals surface area contributed by atoms with Crippen LogP contribution >= 0.6 is 11.6 Å². The van der Waals surface area contributed by atoms with Crippen LogP contribution in [0.15, 0.2) is 48.5 Å². The molecule has 6 nitrogen and oxygen atoms in total. The van der Waals surface area contributed by atoms with E-state index < -0.39 is 18.0 Å². The lowest BCUT2D eigenvalue weighted by Crippen LogP contribution is -2.29. The molecule has 7 heteroatoms. The minimum Gasteiger partial charge on any atom is -0.497 e. The lowest BCUT2D eigenvalue weighted by molar-refractivity contribution is -0.148. The number of hydrogen-bond acceptors (Lipinski definition) is 5. The molecule has 0 aromatic heterocycles. The van der Waals surface area contributed by atoms with Crippen LogP contribution in [0.5, 0.6) is 11.5 Å². The average Bonchev–Trinajstić information content (AvgIpc) is 2.66. The summed E-state index contributed by atoms with van der Waals surface area (Å²) in [5.74, 6) is -0.0184. The van der Waals surface area contributed by atoms with E-state index in [1.54, 1.807) is 49.6 Å². The van der Waals surface area contributed by atoms with Crippen LogP contribution < -0.4 is 14.8 Å². The van der Waals surface area contributed by atoms with Crippen LogP contribution in [0.1, 0.15) is 12.5 Å². The Kier molecular flexibility index (Phi) is 7.25. The van der Waals surface area contributed by atoms with Crippen LogP contribution in [0.3, 0.4) is 0 Å². The summed E-state index contributed by atoms with van der Waals surface area (Å²) >= 11 is 5.93. The number of hydrogen-bond donors (Lipinski definition) is 1. The minimum absolute atomic E-state index is 0.393. The summed E-state index contributed by atoms with van der Waals surface area (Å²) in [5, 5.41) is 3.07. The van der Waals surface area contributed by atoms with Crippen molar-refractivity contribution in [3.63, 3.8) is 0 Å². The van der Waals surface area contributed by atoms with Crippen molar-refractivity contribution in [1.82, 2.24) is 0 Å². The molecule has 0 radical (unpaired) electrons. The fraction of sp³-hybridized carbons (Fsp3) is 0.200. The standard InChI is InChI=1S/C20H20ClNO5/c1-13(20(24)22-17-12-15(21)8-9-18(17)26-3)27-19(23)10-7-14-5-4-6-16(11-14)25-2/h4-13H,1-3H3,(H,22,24)/b10-7+/t13-/m0/s1. The zero-order chi connectivity index (χ0) is 19.8. The molecule has 0 bridgehead atoms. The van der Waals surface area contributed by atoms with Gasteiger partial charge in [-0.05, 0) is 48.9 Å². The van der Waals surface area contributed by atoms with Crippen LogP contribution in [-0.2, 0) is 14.3 Å². The summed E-state index contributed by atoms with van der Waals surface area (Å²) in [6.45, 7) is 1.48. The molecular formula is C20H20ClNO5. The first-order valence-corrected chi connectivity index (χ1v) is 8.48. The first-order valence-electron chi connectivity index (χ1n) is 8.10. The maximum atomic E-state index is 12.3. The predicted octanol–water partition coefficient (Wildman–Crippen LogP) is 3.94. The van der Waals surface area contributed by atoms with E-state index in [0.717, 1.165) is 5.56 Å². The van der Waals surface area contributed by atoms with Crippen LogP contribution in [0.2, 0.25) is 5.02 Å². The van der Waals surface area contributed by atoms with E-state index in [1.165, 1.54) is 20.1 Å². The molecule has 0 spiro atoms. The molecule has 0 unspecified atom stereocenters. The maximum Gasteiger partial charge on any atom is 0.331 e. The third-order valence-electron chi connectivity index (χ3n) is 3.59. The van der Waals surface area contributed by atoms with Gasteiger partial charge in [-0.1, -0.05) is 23.7 Å². The smallest absolute Gasteiger partial charge is 0.331 e. The van der Waals surface area contributed by atoms with Crippen molar-refractivity contribution in [2.75, 3.05) is 19.5 Å². The molecule has 27 heavy (non-hydrogen) atoms. The molecular weight excluding hydrogens is 370 g/mol. The number of ether oxygens (including phenoxy) is 3. The number of methoxy groups -OCH3 is 2. The maximum absolute atomic E-state index is 12.3. The SMILES string of the molecule is COc1cccc(/C=C/C(=O)O[C@@H](C)C(=O)Nc2cc(Cl)ccc2OC)c1. The summed E-state index contributed by atoms with van der Waals surface area (Å²) in [6.07, 6.45) is 1.82. The third kappa shape index (κ3) is 6.04. The van der Waals surface area contributed by atoms with Gasteiger partial charge < -0.3 is 19.5 Å². The molecule has 2 aromatic carbocycles. The number of anilines is 1. The average molecular weight is 390 g/mol. The number of halogens is 1. The number of amides is 1. The van der Waals surface area contributed by atoms with E-state index in [-0.39, 0.29) is 0 Å². The molecule has 1 N–H and O–H groups in total. The Morgan fingerprint density at radius 2 is 1.89 bits per heavy atom. The van der Waals surface area contributed by atoms with Crippen molar-refractivity contribution in [2.24, 2.45) is 0 Å². The Balaban J connectivity index is 1.96. The molecule has 0 aliphatic heterocycles. The monoisotopic (exact) mass is 389 g/mol. The number of esters is 1. The highest BCUT2D eigenvalue weighted by Crippen LogP contribution is 2.27. The molecule has 0 saturated heterocycles. The van der Waals surface area contributed by atoms with Crippen molar-refractivity contribution in [1.29, 1.82) is 0 Å². The van der Waals surface area contributed by atoms with E-state index in [4.69, 9.17) is 25.8 Å². The summed E-state index contributed by atoms with van der Waals surface area (Å²) < 4.78 is 15.4. The molecule has 2 rings (SSSR count). The van der Waals surface area contributed by atoms with Crippen molar-refractivity contribution >= 4 is 35.2 Å². The van der Waals surface area contributed by atoms with E-state index >= 15 is 0 Å². The summed E-state index contributed by atoms with van der Waals surface area (Å²) in [4.78, 5) is 24.2. The van der Waals surface area contributed by atoms with Gasteiger partial charge in [-0.2, -0.15) is 0 Å². The number of nitrogens with one attached hydrogen (secondary N) is 1. The summed E-state index contributed by atoms with van der Waals surface area (Å²) in [5.41, 5.74) is 1.16. The summed E-state index contributed by atoms with van der Waals surface area (Å²) in [7, 11) is 3.04. The summed E-state index contributed by atoms with van der Waals surface area (Å²) in [6, 6.07) is 12.0. The molecule has 0 heterocycles. The zero-order valence-corrected chi connectivity index (χ0v) is 15.9. The number of rotatable bonds is 7. The van der Waals surface area contributed by atoms with Crippen LogP contribution in [0.25, 0.3) is 6.08 Å². The quantitative estimate of drug-likeness (QED) is 0.573. The Morgan fingerprint density at radius 3 is 2.59 bits per heavy atom. The second-order valence-corrected chi connectivity index (χ2v) is 5.96. The van der Waals surface area contributed by atoms with E-state index in [9.17, 15) is 9.59 Å². The van der Waals surface area contributed by atoms with Gasteiger partial charge in [-0.15, -0.1) is 0 Å². The van der Waals surface area contributed by atoms with Gasteiger partial charge in [0.25, 0.3) is 5.91 Å². The van der Waals surface area contributed by atoms with Crippen molar-refractivity contribution in [2.45, 2.75) is 13.0 Å². The molecule has 0 aliphatic carbocycles. The highest BCUT2D eigenvalue weighted by Gasteiger charge is 2.18. The molecule has 142 valence electrons. The predicted molar refractivity (Wildman–Crippen MR) is 104 cm³/mol.